The lowest BCUT2D eigenvalue weighted by molar-refractivity contribution is -0.113. The largest absolute Gasteiger partial charge is 0.270 e. The third-order valence-electron chi connectivity index (χ3n) is 3.25. The highest BCUT2D eigenvalue weighted by molar-refractivity contribution is 8.27. The number of aryl methyl sites for hydroxylation is 2. The molecule has 1 saturated heterocycles. The first-order valence-electron chi connectivity index (χ1n) is 6.45. The van der Waals surface area contributed by atoms with Crippen LogP contribution in [0.15, 0.2) is 40.6 Å². The van der Waals surface area contributed by atoms with E-state index in [0.717, 1.165) is 16.1 Å². The number of thiocarbonyl (C=S) groups is 1. The number of benzene rings is 1. The molecule has 0 saturated carbocycles. The van der Waals surface area contributed by atoms with Crippen molar-refractivity contribution >= 4 is 57.3 Å². The molecular formula is C16H13NOS3. The van der Waals surface area contributed by atoms with Gasteiger partial charge in [-0.25, -0.2) is 0 Å². The molecule has 1 aliphatic rings. The fourth-order valence-electron chi connectivity index (χ4n) is 2.04. The van der Waals surface area contributed by atoms with Crippen LogP contribution >= 0.6 is 35.3 Å². The van der Waals surface area contributed by atoms with E-state index in [1.165, 1.54) is 17.3 Å². The molecule has 2 nitrogen and oxygen atoms in total. The van der Waals surface area contributed by atoms with Gasteiger partial charge in [-0.05, 0) is 49.1 Å². The summed E-state index contributed by atoms with van der Waals surface area (Å²) in [4.78, 5) is 16.0. The molecule has 0 N–H and O–H groups in total. The van der Waals surface area contributed by atoms with Gasteiger partial charge in [-0.15, -0.1) is 11.3 Å². The summed E-state index contributed by atoms with van der Waals surface area (Å²) in [6, 6.07) is 9.89. The Bertz CT molecular complexity index is 743. The Morgan fingerprint density at radius 1 is 1.14 bits per heavy atom. The van der Waals surface area contributed by atoms with E-state index in [4.69, 9.17) is 12.2 Å². The van der Waals surface area contributed by atoms with Crippen molar-refractivity contribution in [2.24, 2.45) is 0 Å². The van der Waals surface area contributed by atoms with Crippen LogP contribution in [0.3, 0.4) is 0 Å². The molecule has 5 heteroatoms. The second kappa shape index (κ2) is 5.75. The first kappa shape index (κ1) is 14.5. The summed E-state index contributed by atoms with van der Waals surface area (Å²) < 4.78 is 0.587. The van der Waals surface area contributed by atoms with Crippen LogP contribution in [0.4, 0.5) is 5.69 Å². The van der Waals surface area contributed by atoms with E-state index in [2.05, 4.69) is 6.07 Å². The predicted octanol–water partition coefficient (Wildman–Crippen LogP) is 4.77. The number of hydrogen-bond acceptors (Lipinski definition) is 4. The minimum atomic E-state index is -0.0401. The van der Waals surface area contributed by atoms with Crippen molar-refractivity contribution in [1.29, 1.82) is 0 Å². The van der Waals surface area contributed by atoms with Crippen LogP contribution in [-0.2, 0) is 4.79 Å². The van der Waals surface area contributed by atoms with Crippen molar-refractivity contribution in [1.82, 2.24) is 0 Å². The number of carbonyl (C=O) groups excluding carboxylic acids is 1. The van der Waals surface area contributed by atoms with E-state index in [1.54, 1.807) is 16.2 Å². The van der Waals surface area contributed by atoms with Gasteiger partial charge in [0.05, 0.1) is 10.6 Å². The van der Waals surface area contributed by atoms with Crippen LogP contribution in [0.2, 0.25) is 0 Å². The van der Waals surface area contributed by atoms with Crippen LogP contribution in [0, 0.1) is 13.8 Å². The van der Waals surface area contributed by atoms with E-state index < -0.39 is 0 Å². The zero-order valence-electron chi connectivity index (χ0n) is 11.6. The first-order valence-corrected chi connectivity index (χ1v) is 8.55. The topological polar surface area (TPSA) is 20.3 Å². The zero-order chi connectivity index (χ0) is 15.0. The standard InChI is InChI=1S/C16H13NOS3/c1-10-3-5-12(6-4-10)17-15(18)14(21-16(17)19)9-13-11(2)7-8-20-13/h3-9H,1-2H3. The smallest absolute Gasteiger partial charge is 0.268 e. The molecule has 0 atom stereocenters. The highest BCUT2D eigenvalue weighted by atomic mass is 32.2. The highest BCUT2D eigenvalue weighted by Gasteiger charge is 2.33. The predicted molar refractivity (Wildman–Crippen MR) is 95.9 cm³/mol. The summed E-state index contributed by atoms with van der Waals surface area (Å²) in [6.07, 6.45) is 1.94. The molecule has 0 radical (unpaired) electrons. The molecule has 1 aromatic heterocycles. The van der Waals surface area contributed by atoms with Gasteiger partial charge in [0.1, 0.15) is 0 Å². The third kappa shape index (κ3) is 2.81. The number of hydrogen-bond donors (Lipinski definition) is 0. The Morgan fingerprint density at radius 3 is 2.48 bits per heavy atom. The fourth-order valence-corrected chi connectivity index (χ4v) is 4.25. The Hall–Kier alpha value is -1.43. The van der Waals surface area contributed by atoms with E-state index in [-0.39, 0.29) is 5.91 Å². The molecule has 2 heterocycles. The summed E-state index contributed by atoms with van der Waals surface area (Å²) in [5, 5.41) is 2.03. The van der Waals surface area contributed by atoms with E-state index in [9.17, 15) is 4.79 Å². The summed E-state index contributed by atoms with van der Waals surface area (Å²) >= 11 is 8.37. The minimum Gasteiger partial charge on any atom is -0.268 e. The molecule has 106 valence electrons. The molecule has 1 fully saturated rings. The monoisotopic (exact) mass is 331 g/mol. The van der Waals surface area contributed by atoms with Crippen molar-refractivity contribution in [3.05, 3.63) is 56.6 Å². The summed E-state index contributed by atoms with van der Waals surface area (Å²) in [6.45, 7) is 4.07. The van der Waals surface area contributed by atoms with Gasteiger partial charge >= 0.3 is 0 Å². The normalized spacial score (nSPS) is 17.0. The molecule has 1 aromatic carbocycles. The summed E-state index contributed by atoms with van der Waals surface area (Å²) in [5.41, 5.74) is 3.17. The second-order valence-corrected chi connectivity index (χ2v) is 7.44. The van der Waals surface area contributed by atoms with Crippen LogP contribution < -0.4 is 4.90 Å². The lowest BCUT2D eigenvalue weighted by atomic mass is 10.2. The van der Waals surface area contributed by atoms with Crippen LogP contribution in [0.1, 0.15) is 16.0 Å². The van der Waals surface area contributed by atoms with E-state index in [0.29, 0.717) is 9.23 Å². The highest BCUT2D eigenvalue weighted by Crippen LogP contribution is 2.36. The number of carbonyl (C=O) groups is 1. The average molecular weight is 331 g/mol. The van der Waals surface area contributed by atoms with E-state index >= 15 is 0 Å². The van der Waals surface area contributed by atoms with Gasteiger partial charge in [0, 0.05) is 4.88 Å². The van der Waals surface area contributed by atoms with Gasteiger partial charge in [0.15, 0.2) is 4.32 Å². The van der Waals surface area contributed by atoms with Gasteiger partial charge in [0.2, 0.25) is 0 Å². The molecule has 1 amide bonds. The lowest BCUT2D eigenvalue weighted by Gasteiger charge is -2.14. The van der Waals surface area contributed by atoms with Crippen molar-refractivity contribution in [3.8, 4) is 0 Å². The first-order chi connectivity index (χ1) is 10.1. The molecular weight excluding hydrogens is 318 g/mol. The van der Waals surface area contributed by atoms with Gasteiger partial charge in [0.25, 0.3) is 5.91 Å². The Morgan fingerprint density at radius 2 is 1.86 bits per heavy atom. The Kier molecular flexibility index (Phi) is 3.97. The van der Waals surface area contributed by atoms with E-state index in [1.807, 2.05) is 49.6 Å². The lowest BCUT2D eigenvalue weighted by Crippen LogP contribution is -2.27. The summed E-state index contributed by atoms with van der Waals surface area (Å²) in [7, 11) is 0. The van der Waals surface area contributed by atoms with Crippen LogP contribution in [-0.4, -0.2) is 10.2 Å². The SMILES string of the molecule is Cc1ccc(N2C(=O)C(=Cc3sccc3C)SC2=S)cc1. The van der Waals surface area contributed by atoms with Crippen molar-refractivity contribution < 1.29 is 4.79 Å². The number of amides is 1. The molecule has 0 spiro atoms. The average Bonchev–Trinajstić information content (AvgIpc) is 2.97. The van der Waals surface area contributed by atoms with Crippen LogP contribution in [0.25, 0.3) is 6.08 Å². The van der Waals surface area contributed by atoms with Crippen molar-refractivity contribution in [2.75, 3.05) is 4.90 Å². The van der Waals surface area contributed by atoms with Gasteiger partial charge in [-0.3, -0.25) is 9.69 Å². The maximum absolute atomic E-state index is 12.6. The maximum atomic E-state index is 12.6. The number of rotatable bonds is 2. The molecule has 2 aromatic rings. The fraction of sp³-hybridized carbons (Fsp3) is 0.125. The Balaban J connectivity index is 1.94. The number of nitrogens with zero attached hydrogens (tertiary/aromatic N) is 1. The maximum Gasteiger partial charge on any atom is 0.270 e. The van der Waals surface area contributed by atoms with Crippen LogP contribution in [0.5, 0.6) is 0 Å². The molecule has 0 bridgehead atoms. The molecule has 0 unspecified atom stereocenters. The van der Waals surface area contributed by atoms with Gasteiger partial charge in [-0.1, -0.05) is 41.7 Å². The van der Waals surface area contributed by atoms with Gasteiger partial charge < -0.3 is 0 Å². The van der Waals surface area contributed by atoms with Gasteiger partial charge in [-0.2, -0.15) is 0 Å². The molecule has 1 aliphatic heterocycles. The third-order valence-corrected chi connectivity index (χ3v) is 5.52. The molecule has 21 heavy (non-hydrogen) atoms. The molecule has 3 rings (SSSR count). The number of anilines is 1. The zero-order valence-corrected chi connectivity index (χ0v) is 14.1. The summed E-state index contributed by atoms with van der Waals surface area (Å²) in [5.74, 6) is -0.0401. The Labute approximate surface area is 137 Å². The van der Waals surface area contributed by atoms with Crippen molar-refractivity contribution in [3.63, 3.8) is 0 Å². The number of thiophene rings is 1. The molecule has 0 aliphatic carbocycles. The number of thioether (sulfide) groups is 1. The van der Waals surface area contributed by atoms with Crippen molar-refractivity contribution in [2.45, 2.75) is 13.8 Å². The second-order valence-electron chi connectivity index (χ2n) is 4.82. The minimum absolute atomic E-state index is 0.0401. The quantitative estimate of drug-likeness (QED) is 0.584.